The SMILES string of the molecule is C[C@@H]1CCc2c(sc(NC(=O)[C@H](C)N3CCN(S(=O)(=O)c4cccs4)CC3)c2C(=O)O)C1. The molecule has 4 rings (SSSR count). The maximum Gasteiger partial charge on any atom is 0.339 e. The summed E-state index contributed by atoms with van der Waals surface area (Å²) < 4.78 is 27.2. The molecule has 174 valence electrons. The molecule has 0 radical (unpaired) electrons. The van der Waals surface area contributed by atoms with E-state index < -0.39 is 22.0 Å². The Balaban J connectivity index is 1.42. The molecule has 0 unspecified atom stereocenters. The summed E-state index contributed by atoms with van der Waals surface area (Å²) in [5, 5.41) is 14.7. The van der Waals surface area contributed by atoms with Crippen molar-refractivity contribution >= 4 is 49.6 Å². The highest BCUT2D eigenvalue weighted by Crippen LogP contribution is 2.39. The molecule has 2 aromatic rings. The number of carboxylic acid groups (broad SMARTS) is 1. The third kappa shape index (κ3) is 4.49. The highest BCUT2D eigenvalue weighted by atomic mass is 32.2. The summed E-state index contributed by atoms with van der Waals surface area (Å²) in [5.74, 6) is -0.770. The molecule has 11 heteroatoms. The number of carbonyl (C=O) groups is 2. The number of hydrogen-bond donors (Lipinski definition) is 2. The lowest BCUT2D eigenvalue weighted by molar-refractivity contribution is -0.121. The van der Waals surface area contributed by atoms with E-state index in [1.165, 1.54) is 27.0 Å². The van der Waals surface area contributed by atoms with Gasteiger partial charge in [0.05, 0.1) is 11.6 Å². The van der Waals surface area contributed by atoms with Gasteiger partial charge in [-0.25, -0.2) is 13.2 Å². The van der Waals surface area contributed by atoms with Gasteiger partial charge in [-0.1, -0.05) is 13.0 Å². The first kappa shape index (κ1) is 23.4. The molecule has 1 saturated heterocycles. The number of rotatable bonds is 6. The molecule has 2 aromatic heterocycles. The van der Waals surface area contributed by atoms with Crippen LogP contribution in [0.5, 0.6) is 0 Å². The van der Waals surface area contributed by atoms with Crippen LogP contribution in [-0.2, 0) is 27.7 Å². The van der Waals surface area contributed by atoms with Crippen molar-refractivity contribution in [3.05, 3.63) is 33.5 Å². The van der Waals surface area contributed by atoms with E-state index in [0.717, 1.165) is 29.7 Å². The number of thiophene rings is 2. The first-order chi connectivity index (χ1) is 15.2. The summed E-state index contributed by atoms with van der Waals surface area (Å²) in [6.07, 6.45) is 2.51. The van der Waals surface area contributed by atoms with Crippen molar-refractivity contribution in [2.24, 2.45) is 5.92 Å². The number of amides is 1. The first-order valence-electron chi connectivity index (χ1n) is 10.6. The Morgan fingerprint density at radius 1 is 1.25 bits per heavy atom. The van der Waals surface area contributed by atoms with Crippen molar-refractivity contribution in [1.82, 2.24) is 9.21 Å². The number of piperazine rings is 1. The molecule has 0 spiro atoms. The van der Waals surface area contributed by atoms with Crippen molar-refractivity contribution in [1.29, 1.82) is 0 Å². The van der Waals surface area contributed by atoms with E-state index in [1.54, 1.807) is 24.4 Å². The molecule has 2 N–H and O–H groups in total. The van der Waals surface area contributed by atoms with E-state index in [0.29, 0.717) is 41.3 Å². The fraction of sp³-hybridized carbons (Fsp3) is 0.524. The van der Waals surface area contributed by atoms with E-state index in [-0.39, 0.29) is 11.5 Å². The van der Waals surface area contributed by atoms with Gasteiger partial charge in [-0.2, -0.15) is 4.31 Å². The van der Waals surface area contributed by atoms with Crippen LogP contribution in [0.2, 0.25) is 0 Å². The molecular formula is C21H27N3O5S3. The Morgan fingerprint density at radius 2 is 1.97 bits per heavy atom. The second-order valence-corrected chi connectivity index (χ2v) is 12.6. The molecule has 8 nitrogen and oxygen atoms in total. The molecule has 2 atom stereocenters. The zero-order valence-electron chi connectivity index (χ0n) is 18.0. The van der Waals surface area contributed by atoms with Gasteiger partial charge in [0.2, 0.25) is 5.91 Å². The van der Waals surface area contributed by atoms with Crippen LogP contribution < -0.4 is 5.32 Å². The van der Waals surface area contributed by atoms with Gasteiger partial charge in [0.25, 0.3) is 10.0 Å². The normalized spacial score (nSPS) is 21.1. The van der Waals surface area contributed by atoms with Gasteiger partial charge in [-0.15, -0.1) is 22.7 Å². The number of aromatic carboxylic acids is 1. The zero-order valence-corrected chi connectivity index (χ0v) is 20.5. The summed E-state index contributed by atoms with van der Waals surface area (Å²) >= 11 is 2.57. The lowest BCUT2D eigenvalue weighted by atomic mass is 9.88. The molecule has 32 heavy (non-hydrogen) atoms. The van der Waals surface area contributed by atoms with Crippen molar-refractivity contribution < 1.29 is 23.1 Å². The molecule has 0 bridgehead atoms. The number of carboxylic acids is 1. The number of carbonyl (C=O) groups excluding carboxylic acids is 1. The Bertz CT molecular complexity index is 1100. The maximum atomic E-state index is 13.0. The summed E-state index contributed by atoms with van der Waals surface area (Å²) in [5.41, 5.74) is 1.08. The Hall–Kier alpha value is -1.79. The van der Waals surface area contributed by atoms with Crippen molar-refractivity contribution in [2.45, 2.75) is 43.4 Å². The predicted octanol–water partition coefficient (Wildman–Crippen LogP) is 2.97. The number of fused-ring (bicyclic) bond motifs is 1. The van der Waals surface area contributed by atoms with E-state index in [2.05, 4.69) is 12.2 Å². The Labute approximate surface area is 195 Å². The molecule has 1 aliphatic carbocycles. The van der Waals surface area contributed by atoms with Crippen LogP contribution >= 0.6 is 22.7 Å². The van der Waals surface area contributed by atoms with Gasteiger partial charge >= 0.3 is 5.97 Å². The number of anilines is 1. The smallest absolute Gasteiger partial charge is 0.339 e. The van der Waals surface area contributed by atoms with E-state index in [1.807, 2.05) is 4.90 Å². The quantitative estimate of drug-likeness (QED) is 0.636. The van der Waals surface area contributed by atoms with Crippen LogP contribution in [0.15, 0.2) is 21.7 Å². The maximum absolute atomic E-state index is 13.0. The van der Waals surface area contributed by atoms with Crippen molar-refractivity contribution in [2.75, 3.05) is 31.5 Å². The van der Waals surface area contributed by atoms with Crippen LogP contribution in [0.1, 0.15) is 41.1 Å². The number of nitrogens with one attached hydrogen (secondary N) is 1. The van der Waals surface area contributed by atoms with Gasteiger partial charge in [-0.05, 0) is 49.1 Å². The minimum Gasteiger partial charge on any atom is -0.478 e. The van der Waals surface area contributed by atoms with E-state index >= 15 is 0 Å². The van der Waals surface area contributed by atoms with Crippen LogP contribution in [0.3, 0.4) is 0 Å². The van der Waals surface area contributed by atoms with E-state index in [9.17, 15) is 23.1 Å². The standard InChI is InChI=1S/C21H27N3O5S3/c1-13-5-6-15-16(12-13)31-20(18(15)21(26)27)22-19(25)14(2)23-7-9-24(10-8-23)32(28,29)17-4-3-11-30-17/h3-4,11,13-14H,5-10,12H2,1-2H3,(H,22,25)(H,26,27)/t13-,14+/m1/s1. The number of sulfonamides is 1. The monoisotopic (exact) mass is 497 g/mol. The highest BCUT2D eigenvalue weighted by molar-refractivity contribution is 7.91. The second kappa shape index (κ2) is 9.22. The average Bonchev–Trinajstić information content (AvgIpc) is 3.41. The first-order valence-corrected chi connectivity index (χ1v) is 13.8. The number of hydrogen-bond acceptors (Lipinski definition) is 7. The van der Waals surface area contributed by atoms with Gasteiger partial charge in [0.1, 0.15) is 9.21 Å². The molecule has 1 aliphatic heterocycles. The second-order valence-electron chi connectivity index (χ2n) is 8.40. The average molecular weight is 498 g/mol. The predicted molar refractivity (Wildman–Crippen MR) is 125 cm³/mol. The van der Waals surface area contributed by atoms with Gasteiger partial charge < -0.3 is 10.4 Å². The van der Waals surface area contributed by atoms with E-state index in [4.69, 9.17) is 0 Å². The molecule has 2 aliphatic rings. The number of nitrogens with zero attached hydrogens (tertiary/aromatic N) is 2. The summed E-state index contributed by atoms with van der Waals surface area (Å²) in [6, 6.07) is 2.82. The molecule has 0 saturated carbocycles. The van der Waals surface area contributed by atoms with Crippen LogP contribution in [0.4, 0.5) is 5.00 Å². The fourth-order valence-corrected chi connectivity index (χ4v) is 8.29. The largest absolute Gasteiger partial charge is 0.478 e. The molecule has 1 amide bonds. The lowest BCUT2D eigenvalue weighted by Crippen LogP contribution is -2.53. The van der Waals surface area contributed by atoms with Crippen molar-refractivity contribution in [3.63, 3.8) is 0 Å². The van der Waals surface area contributed by atoms with Crippen LogP contribution in [0, 0.1) is 5.92 Å². The minimum absolute atomic E-state index is 0.226. The van der Waals surface area contributed by atoms with Gasteiger partial charge in [0, 0.05) is 31.1 Å². The minimum atomic E-state index is -3.50. The highest BCUT2D eigenvalue weighted by Gasteiger charge is 2.33. The topological polar surface area (TPSA) is 107 Å². The summed E-state index contributed by atoms with van der Waals surface area (Å²) in [4.78, 5) is 27.8. The summed E-state index contributed by atoms with van der Waals surface area (Å²) in [6.45, 7) is 5.41. The third-order valence-electron chi connectivity index (χ3n) is 6.25. The molecule has 0 aromatic carbocycles. The fourth-order valence-electron chi connectivity index (χ4n) is 4.32. The zero-order chi connectivity index (χ0) is 23.0. The summed E-state index contributed by atoms with van der Waals surface area (Å²) in [7, 11) is -3.50. The Kier molecular flexibility index (Phi) is 6.73. The van der Waals surface area contributed by atoms with Crippen LogP contribution in [0.25, 0.3) is 0 Å². The molecule has 3 heterocycles. The van der Waals surface area contributed by atoms with Gasteiger partial charge in [0.15, 0.2) is 0 Å². The third-order valence-corrected chi connectivity index (χ3v) is 10.7. The lowest BCUT2D eigenvalue weighted by Gasteiger charge is -2.36. The van der Waals surface area contributed by atoms with Crippen LogP contribution in [-0.4, -0.2) is 66.8 Å². The molecule has 1 fully saturated rings. The van der Waals surface area contributed by atoms with Crippen molar-refractivity contribution in [3.8, 4) is 0 Å². The molecular weight excluding hydrogens is 470 g/mol. The Morgan fingerprint density at radius 3 is 2.59 bits per heavy atom. The van der Waals surface area contributed by atoms with Gasteiger partial charge in [-0.3, -0.25) is 9.69 Å².